The summed E-state index contributed by atoms with van der Waals surface area (Å²) in [4.78, 5) is 32.9. The number of nitrogens with zero attached hydrogens (tertiary/aromatic N) is 3. The van der Waals surface area contributed by atoms with Crippen LogP contribution in [0.5, 0.6) is 0 Å². The number of likely N-dealkylation sites (tertiary alicyclic amines) is 1. The van der Waals surface area contributed by atoms with E-state index in [1.54, 1.807) is 0 Å². The Morgan fingerprint density at radius 3 is 2.45 bits per heavy atom. The van der Waals surface area contributed by atoms with E-state index in [9.17, 15) is 9.59 Å². The quantitative estimate of drug-likeness (QED) is 0.736. The predicted octanol–water partition coefficient (Wildman–Crippen LogP) is 3.88. The lowest BCUT2D eigenvalue weighted by Crippen LogP contribution is -2.53. The molecule has 0 aromatic heterocycles. The molecule has 0 bridgehead atoms. The van der Waals surface area contributed by atoms with Gasteiger partial charge in [0.2, 0.25) is 5.91 Å². The van der Waals surface area contributed by atoms with E-state index >= 15 is 0 Å². The van der Waals surface area contributed by atoms with Crippen LogP contribution in [0.3, 0.4) is 0 Å². The molecule has 0 spiro atoms. The number of fused-ring (bicyclic) bond motifs is 1. The lowest BCUT2D eigenvalue weighted by Gasteiger charge is -2.39. The number of benzene rings is 2. The van der Waals surface area contributed by atoms with Crippen LogP contribution in [0.25, 0.3) is 10.8 Å². The highest BCUT2D eigenvalue weighted by Gasteiger charge is 2.33. The van der Waals surface area contributed by atoms with Gasteiger partial charge in [0.1, 0.15) is 0 Å². The van der Waals surface area contributed by atoms with Crippen molar-refractivity contribution in [1.29, 1.82) is 0 Å². The Kier molecular flexibility index (Phi) is 6.91. The minimum atomic E-state index is -0.0742. The molecule has 5 heteroatoms. The monoisotopic (exact) mass is 421 g/mol. The van der Waals surface area contributed by atoms with Gasteiger partial charge in [-0.3, -0.25) is 14.5 Å². The third-order valence-electron chi connectivity index (χ3n) is 6.78. The molecule has 2 aromatic carbocycles. The Labute approximate surface area is 186 Å². The van der Waals surface area contributed by atoms with Gasteiger partial charge in [0.25, 0.3) is 5.91 Å². The van der Waals surface area contributed by atoms with Crippen LogP contribution < -0.4 is 0 Å². The zero-order chi connectivity index (χ0) is 21.8. The van der Waals surface area contributed by atoms with Crippen LogP contribution >= 0.6 is 0 Å². The largest absolute Gasteiger partial charge is 0.340 e. The summed E-state index contributed by atoms with van der Waals surface area (Å²) in [6, 6.07) is 13.9. The van der Waals surface area contributed by atoms with E-state index < -0.39 is 0 Å². The molecule has 166 valence electrons. The second-order valence-electron chi connectivity index (χ2n) is 9.47. The first-order valence-electron chi connectivity index (χ1n) is 11.8. The zero-order valence-electron chi connectivity index (χ0n) is 18.9. The van der Waals surface area contributed by atoms with Crippen molar-refractivity contribution in [2.45, 2.75) is 33.1 Å². The molecule has 2 saturated heterocycles. The molecule has 0 saturated carbocycles. The standard InChI is InChI=1S/C26H35N3O2/c1-20(2)12-14-27-15-17-28(18-16-27)25(30)22-9-6-13-29(19-22)26(31)24-11-5-8-21-7-3-4-10-23(21)24/h3-5,7-8,10-11,20,22H,6,9,12-19H2,1-2H3. The molecule has 31 heavy (non-hydrogen) atoms. The molecule has 2 aromatic rings. The first kappa shape index (κ1) is 21.8. The van der Waals surface area contributed by atoms with Gasteiger partial charge in [0.15, 0.2) is 0 Å². The summed E-state index contributed by atoms with van der Waals surface area (Å²) in [6.45, 7) is 10.4. The van der Waals surface area contributed by atoms with Gasteiger partial charge in [-0.25, -0.2) is 0 Å². The van der Waals surface area contributed by atoms with Crippen LogP contribution in [0.15, 0.2) is 42.5 Å². The summed E-state index contributed by atoms with van der Waals surface area (Å²) in [6.07, 6.45) is 2.98. The van der Waals surface area contributed by atoms with Crippen molar-refractivity contribution in [2.24, 2.45) is 11.8 Å². The number of carbonyl (C=O) groups is 2. The van der Waals surface area contributed by atoms with E-state index in [4.69, 9.17) is 0 Å². The summed E-state index contributed by atoms with van der Waals surface area (Å²) < 4.78 is 0. The van der Waals surface area contributed by atoms with Crippen molar-refractivity contribution in [3.05, 3.63) is 48.0 Å². The van der Waals surface area contributed by atoms with Crippen LogP contribution in [0.2, 0.25) is 0 Å². The van der Waals surface area contributed by atoms with Crippen molar-refractivity contribution in [3.63, 3.8) is 0 Å². The molecular formula is C26H35N3O2. The molecule has 1 unspecified atom stereocenters. The Morgan fingerprint density at radius 2 is 1.68 bits per heavy atom. The minimum Gasteiger partial charge on any atom is -0.340 e. The second-order valence-corrected chi connectivity index (χ2v) is 9.47. The van der Waals surface area contributed by atoms with Crippen LogP contribution in [0.4, 0.5) is 0 Å². The lowest BCUT2D eigenvalue weighted by molar-refractivity contribution is -0.138. The number of rotatable bonds is 5. The third-order valence-corrected chi connectivity index (χ3v) is 6.78. The molecule has 0 radical (unpaired) electrons. The predicted molar refractivity (Wildman–Crippen MR) is 125 cm³/mol. The molecule has 0 aliphatic carbocycles. The van der Waals surface area contributed by atoms with Crippen LogP contribution in [-0.4, -0.2) is 72.3 Å². The van der Waals surface area contributed by atoms with Crippen molar-refractivity contribution >= 4 is 22.6 Å². The molecule has 2 amide bonds. The van der Waals surface area contributed by atoms with E-state index in [1.807, 2.05) is 52.3 Å². The maximum absolute atomic E-state index is 13.3. The first-order chi connectivity index (χ1) is 15.0. The Bertz CT molecular complexity index is 913. The maximum Gasteiger partial charge on any atom is 0.254 e. The van der Waals surface area contributed by atoms with E-state index in [0.717, 1.165) is 68.4 Å². The minimum absolute atomic E-state index is 0.0489. The van der Waals surface area contributed by atoms with Crippen molar-refractivity contribution in [2.75, 3.05) is 45.8 Å². The van der Waals surface area contributed by atoms with Crippen molar-refractivity contribution < 1.29 is 9.59 Å². The molecule has 2 aliphatic heterocycles. The van der Waals surface area contributed by atoms with E-state index in [-0.39, 0.29) is 17.7 Å². The third kappa shape index (κ3) is 5.09. The lowest BCUT2D eigenvalue weighted by atomic mass is 9.95. The van der Waals surface area contributed by atoms with Gasteiger partial charge in [0, 0.05) is 44.8 Å². The summed E-state index contributed by atoms with van der Waals surface area (Å²) in [7, 11) is 0. The molecule has 2 aliphatic rings. The van der Waals surface area contributed by atoms with Gasteiger partial charge >= 0.3 is 0 Å². The van der Waals surface area contributed by atoms with E-state index in [0.29, 0.717) is 12.5 Å². The molecule has 1 atom stereocenters. The molecule has 0 N–H and O–H groups in total. The summed E-state index contributed by atoms with van der Waals surface area (Å²) in [5.74, 6) is 0.925. The molecule has 2 fully saturated rings. The fourth-order valence-electron chi connectivity index (χ4n) is 4.84. The normalized spacial score (nSPS) is 20.4. The molecule has 2 heterocycles. The van der Waals surface area contributed by atoms with Crippen molar-refractivity contribution in [1.82, 2.24) is 14.7 Å². The van der Waals surface area contributed by atoms with Crippen LogP contribution in [0.1, 0.15) is 43.5 Å². The number of piperidine rings is 1. The zero-order valence-corrected chi connectivity index (χ0v) is 18.9. The Balaban J connectivity index is 1.37. The van der Waals surface area contributed by atoms with E-state index in [1.165, 1.54) is 6.42 Å². The number of amides is 2. The maximum atomic E-state index is 13.3. The summed E-state index contributed by atoms with van der Waals surface area (Å²) in [5, 5.41) is 2.06. The highest BCUT2D eigenvalue weighted by atomic mass is 16.2. The summed E-state index contributed by atoms with van der Waals surface area (Å²) >= 11 is 0. The van der Waals surface area contributed by atoms with Gasteiger partial charge in [-0.2, -0.15) is 0 Å². The topological polar surface area (TPSA) is 43.9 Å². The number of hydrogen-bond acceptors (Lipinski definition) is 3. The Hall–Kier alpha value is -2.40. The van der Waals surface area contributed by atoms with Gasteiger partial charge < -0.3 is 9.80 Å². The van der Waals surface area contributed by atoms with Gasteiger partial charge in [-0.15, -0.1) is 0 Å². The van der Waals surface area contributed by atoms with E-state index in [2.05, 4.69) is 18.7 Å². The first-order valence-corrected chi connectivity index (χ1v) is 11.8. The fraction of sp³-hybridized carbons (Fsp3) is 0.538. The summed E-state index contributed by atoms with van der Waals surface area (Å²) in [5.41, 5.74) is 0.741. The SMILES string of the molecule is CC(C)CCN1CCN(C(=O)C2CCCN(C(=O)c3cccc4ccccc34)C2)CC1. The highest BCUT2D eigenvalue weighted by molar-refractivity contribution is 6.07. The number of carbonyl (C=O) groups excluding carboxylic acids is 2. The van der Waals surface area contributed by atoms with Gasteiger partial charge in [0.05, 0.1) is 5.92 Å². The molecule has 4 rings (SSSR count). The van der Waals surface area contributed by atoms with Gasteiger partial charge in [-0.1, -0.05) is 50.2 Å². The molecular weight excluding hydrogens is 386 g/mol. The average Bonchev–Trinajstić information content (AvgIpc) is 2.82. The smallest absolute Gasteiger partial charge is 0.254 e. The van der Waals surface area contributed by atoms with Crippen molar-refractivity contribution in [3.8, 4) is 0 Å². The fourth-order valence-corrected chi connectivity index (χ4v) is 4.84. The van der Waals surface area contributed by atoms with Gasteiger partial charge in [-0.05, 0) is 48.6 Å². The number of piperazine rings is 1. The second kappa shape index (κ2) is 9.82. The average molecular weight is 422 g/mol. The van der Waals surface area contributed by atoms with Crippen LogP contribution in [-0.2, 0) is 4.79 Å². The highest BCUT2D eigenvalue weighted by Crippen LogP contribution is 2.25. The number of hydrogen-bond donors (Lipinski definition) is 0. The van der Waals surface area contributed by atoms with Crippen LogP contribution in [0, 0.1) is 11.8 Å². The molecule has 5 nitrogen and oxygen atoms in total. The Morgan fingerprint density at radius 1 is 0.935 bits per heavy atom.